The van der Waals surface area contributed by atoms with E-state index in [1.54, 1.807) is 4.90 Å². The maximum absolute atomic E-state index is 11.3. The monoisotopic (exact) mass is 207 g/mol. The number of rotatable bonds is 3. The van der Waals surface area contributed by atoms with Gasteiger partial charge in [0.25, 0.3) is 0 Å². The van der Waals surface area contributed by atoms with Gasteiger partial charge in [-0.15, -0.1) is 0 Å². The molecule has 1 aliphatic heterocycles. The summed E-state index contributed by atoms with van der Waals surface area (Å²) in [7, 11) is 0. The summed E-state index contributed by atoms with van der Waals surface area (Å²) in [6, 6.07) is 7.42. The number of anilines is 1. The normalized spacial score (nSPS) is 15.3. The lowest BCUT2D eigenvalue weighted by molar-refractivity contribution is 0.181. The van der Waals surface area contributed by atoms with E-state index in [1.165, 1.54) is 0 Å². The SMILES string of the molecule is CCOc1ccc(N2CCOC2=O)cc1. The van der Waals surface area contributed by atoms with Crippen molar-refractivity contribution in [2.45, 2.75) is 6.92 Å². The van der Waals surface area contributed by atoms with Gasteiger partial charge in [-0.25, -0.2) is 4.79 Å². The summed E-state index contributed by atoms with van der Waals surface area (Å²) in [5, 5.41) is 0. The molecule has 1 aromatic carbocycles. The average molecular weight is 207 g/mol. The smallest absolute Gasteiger partial charge is 0.414 e. The number of benzene rings is 1. The topological polar surface area (TPSA) is 38.8 Å². The summed E-state index contributed by atoms with van der Waals surface area (Å²) >= 11 is 0. The van der Waals surface area contributed by atoms with E-state index in [4.69, 9.17) is 9.47 Å². The zero-order valence-electron chi connectivity index (χ0n) is 8.60. The molecular weight excluding hydrogens is 194 g/mol. The Kier molecular flexibility index (Phi) is 2.76. The molecule has 80 valence electrons. The second kappa shape index (κ2) is 4.21. The Morgan fingerprint density at radius 1 is 1.40 bits per heavy atom. The van der Waals surface area contributed by atoms with Gasteiger partial charge in [-0.3, -0.25) is 4.90 Å². The van der Waals surface area contributed by atoms with Crippen LogP contribution >= 0.6 is 0 Å². The average Bonchev–Trinajstić information content (AvgIpc) is 2.66. The molecule has 1 heterocycles. The minimum Gasteiger partial charge on any atom is -0.494 e. The van der Waals surface area contributed by atoms with Crippen molar-refractivity contribution in [2.75, 3.05) is 24.7 Å². The lowest BCUT2D eigenvalue weighted by Crippen LogP contribution is -2.23. The molecule has 1 saturated heterocycles. The first kappa shape index (κ1) is 9.83. The summed E-state index contributed by atoms with van der Waals surface area (Å²) in [4.78, 5) is 12.9. The third-order valence-corrected chi connectivity index (χ3v) is 2.22. The first-order valence-corrected chi connectivity index (χ1v) is 4.98. The van der Waals surface area contributed by atoms with E-state index >= 15 is 0 Å². The second-order valence-electron chi connectivity index (χ2n) is 3.19. The van der Waals surface area contributed by atoms with Crippen LogP contribution in [0.1, 0.15) is 6.92 Å². The molecule has 0 aromatic heterocycles. The molecule has 15 heavy (non-hydrogen) atoms. The number of hydrogen-bond acceptors (Lipinski definition) is 3. The number of hydrogen-bond donors (Lipinski definition) is 0. The Morgan fingerprint density at radius 3 is 2.67 bits per heavy atom. The maximum atomic E-state index is 11.3. The first-order valence-electron chi connectivity index (χ1n) is 4.98. The molecule has 2 rings (SSSR count). The van der Waals surface area contributed by atoms with E-state index in [1.807, 2.05) is 31.2 Å². The van der Waals surface area contributed by atoms with Gasteiger partial charge in [0.2, 0.25) is 0 Å². The lowest BCUT2D eigenvalue weighted by Gasteiger charge is -2.12. The molecule has 0 aliphatic carbocycles. The number of ether oxygens (including phenoxy) is 2. The molecule has 1 amide bonds. The molecule has 0 radical (unpaired) electrons. The Bertz CT molecular complexity index is 347. The first-order chi connectivity index (χ1) is 7.31. The molecule has 0 bridgehead atoms. The van der Waals surface area contributed by atoms with Crippen LogP contribution in [0.25, 0.3) is 0 Å². The zero-order chi connectivity index (χ0) is 10.7. The van der Waals surface area contributed by atoms with Crippen LogP contribution in [0.4, 0.5) is 10.5 Å². The highest BCUT2D eigenvalue weighted by Crippen LogP contribution is 2.21. The van der Waals surface area contributed by atoms with Gasteiger partial charge in [0.1, 0.15) is 12.4 Å². The summed E-state index contributed by atoms with van der Waals surface area (Å²) in [6.45, 7) is 3.66. The summed E-state index contributed by atoms with van der Waals surface area (Å²) in [6.07, 6.45) is -0.279. The molecule has 1 aromatic rings. The molecule has 0 unspecified atom stereocenters. The number of carbonyl (C=O) groups is 1. The van der Waals surface area contributed by atoms with Crippen LogP contribution < -0.4 is 9.64 Å². The summed E-state index contributed by atoms with van der Waals surface area (Å²) < 4.78 is 10.2. The van der Waals surface area contributed by atoms with Crippen molar-refractivity contribution in [3.63, 3.8) is 0 Å². The number of amides is 1. The predicted octanol–water partition coefficient (Wildman–Crippen LogP) is 2.04. The Labute approximate surface area is 88.4 Å². The molecule has 0 spiro atoms. The minimum atomic E-state index is -0.279. The van der Waals surface area contributed by atoms with E-state index in [2.05, 4.69) is 0 Å². The van der Waals surface area contributed by atoms with Crippen molar-refractivity contribution < 1.29 is 14.3 Å². The van der Waals surface area contributed by atoms with Gasteiger partial charge in [-0.2, -0.15) is 0 Å². The van der Waals surface area contributed by atoms with Crippen LogP contribution in [0.15, 0.2) is 24.3 Å². The third-order valence-electron chi connectivity index (χ3n) is 2.22. The predicted molar refractivity (Wildman–Crippen MR) is 56.3 cm³/mol. The third kappa shape index (κ3) is 2.03. The lowest BCUT2D eigenvalue weighted by atomic mass is 10.3. The van der Waals surface area contributed by atoms with E-state index in [0.29, 0.717) is 19.8 Å². The minimum absolute atomic E-state index is 0.279. The van der Waals surface area contributed by atoms with Crippen molar-refractivity contribution in [1.82, 2.24) is 0 Å². The summed E-state index contributed by atoms with van der Waals surface area (Å²) in [5.41, 5.74) is 0.848. The van der Waals surface area contributed by atoms with Gasteiger partial charge in [0, 0.05) is 5.69 Å². The van der Waals surface area contributed by atoms with Crippen molar-refractivity contribution in [3.05, 3.63) is 24.3 Å². The molecule has 4 heteroatoms. The van der Waals surface area contributed by atoms with Crippen LogP contribution in [0, 0.1) is 0 Å². The van der Waals surface area contributed by atoms with Crippen molar-refractivity contribution >= 4 is 11.8 Å². The second-order valence-corrected chi connectivity index (χ2v) is 3.19. The highest BCUT2D eigenvalue weighted by atomic mass is 16.6. The fourth-order valence-corrected chi connectivity index (χ4v) is 1.52. The van der Waals surface area contributed by atoms with Gasteiger partial charge >= 0.3 is 6.09 Å². The van der Waals surface area contributed by atoms with E-state index in [-0.39, 0.29) is 6.09 Å². The van der Waals surface area contributed by atoms with Crippen LogP contribution in [-0.2, 0) is 4.74 Å². The number of cyclic esters (lactones) is 1. The highest BCUT2D eigenvalue weighted by molar-refractivity contribution is 5.89. The Morgan fingerprint density at radius 2 is 2.13 bits per heavy atom. The van der Waals surface area contributed by atoms with Crippen LogP contribution in [-0.4, -0.2) is 25.9 Å². The number of carbonyl (C=O) groups excluding carboxylic acids is 1. The number of nitrogens with zero attached hydrogens (tertiary/aromatic N) is 1. The van der Waals surface area contributed by atoms with E-state index < -0.39 is 0 Å². The maximum Gasteiger partial charge on any atom is 0.414 e. The van der Waals surface area contributed by atoms with Crippen molar-refractivity contribution in [2.24, 2.45) is 0 Å². The van der Waals surface area contributed by atoms with Crippen LogP contribution in [0.2, 0.25) is 0 Å². The molecule has 1 aliphatic rings. The highest BCUT2D eigenvalue weighted by Gasteiger charge is 2.23. The van der Waals surface area contributed by atoms with Gasteiger partial charge in [0.05, 0.1) is 13.2 Å². The Hall–Kier alpha value is -1.71. The largest absolute Gasteiger partial charge is 0.494 e. The standard InChI is InChI=1S/C11H13NO3/c1-2-14-10-5-3-9(4-6-10)12-7-8-15-11(12)13/h3-6H,2,7-8H2,1H3. The fraction of sp³-hybridized carbons (Fsp3) is 0.364. The quantitative estimate of drug-likeness (QED) is 0.761. The molecule has 0 saturated carbocycles. The van der Waals surface area contributed by atoms with Crippen molar-refractivity contribution in [3.8, 4) is 5.75 Å². The molecule has 0 atom stereocenters. The fourth-order valence-electron chi connectivity index (χ4n) is 1.52. The van der Waals surface area contributed by atoms with Gasteiger partial charge in [-0.1, -0.05) is 0 Å². The van der Waals surface area contributed by atoms with E-state index in [9.17, 15) is 4.79 Å². The van der Waals surface area contributed by atoms with Gasteiger partial charge in [0.15, 0.2) is 0 Å². The molecule has 0 N–H and O–H groups in total. The molecular formula is C11H13NO3. The van der Waals surface area contributed by atoms with E-state index in [0.717, 1.165) is 11.4 Å². The summed E-state index contributed by atoms with van der Waals surface area (Å²) in [5.74, 6) is 0.814. The van der Waals surface area contributed by atoms with Crippen LogP contribution in [0.5, 0.6) is 5.75 Å². The molecule has 4 nitrogen and oxygen atoms in total. The molecule has 1 fully saturated rings. The zero-order valence-corrected chi connectivity index (χ0v) is 8.60. The van der Waals surface area contributed by atoms with Gasteiger partial charge < -0.3 is 9.47 Å². The van der Waals surface area contributed by atoms with Crippen molar-refractivity contribution in [1.29, 1.82) is 0 Å². The van der Waals surface area contributed by atoms with Gasteiger partial charge in [-0.05, 0) is 31.2 Å². The van der Waals surface area contributed by atoms with Crippen LogP contribution in [0.3, 0.4) is 0 Å². The Balaban J connectivity index is 2.12.